The number of aromatic nitrogens is 3. The zero-order chi connectivity index (χ0) is 31.2. The van der Waals surface area contributed by atoms with E-state index in [1.54, 1.807) is 30.3 Å². The highest BCUT2D eigenvalue weighted by atomic mass is 16.5. The number of amides is 2. The van der Waals surface area contributed by atoms with Crippen molar-refractivity contribution >= 4 is 45.5 Å². The number of fused-ring (bicyclic) bond motifs is 1. The number of benzene rings is 2. The molecule has 2 aliphatic rings. The van der Waals surface area contributed by atoms with Gasteiger partial charge in [0.15, 0.2) is 0 Å². The number of piperidine rings is 1. The smallest absolute Gasteiger partial charge is 0.293 e. The molecule has 5 N–H and O–H groups in total. The number of anilines is 4. The zero-order valence-corrected chi connectivity index (χ0v) is 24.2. The predicted molar refractivity (Wildman–Crippen MR) is 167 cm³/mol. The van der Waals surface area contributed by atoms with Crippen molar-refractivity contribution in [1.82, 2.24) is 20.3 Å². The van der Waals surface area contributed by atoms with Gasteiger partial charge in [-0.2, -0.15) is 5.26 Å². The second-order valence-corrected chi connectivity index (χ2v) is 10.6. The highest BCUT2D eigenvalue weighted by Gasteiger charge is 2.22. The molecule has 45 heavy (non-hydrogen) atoms. The molecule has 1 atom stereocenters. The molecule has 228 valence electrons. The molecule has 4 aromatic rings. The van der Waals surface area contributed by atoms with E-state index in [1.807, 2.05) is 0 Å². The number of hydrogen-bond donors (Lipinski definition) is 5. The summed E-state index contributed by atoms with van der Waals surface area (Å²) in [6.45, 7) is 2.70. The maximum Gasteiger partial charge on any atom is 0.293 e. The van der Waals surface area contributed by atoms with Crippen LogP contribution in [0.1, 0.15) is 35.4 Å². The first-order valence-electron chi connectivity index (χ1n) is 14.5. The van der Waals surface area contributed by atoms with Crippen LogP contribution in [0.25, 0.3) is 10.9 Å². The van der Waals surface area contributed by atoms with Crippen molar-refractivity contribution in [1.29, 1.82) is 5.26 Å². The second-order valence-electron chi connectivity index (χ2n) is 10.6. The van der Waals surface area contributed by atoms with Crippen LogP contribution in [-0.4, -0.2) is 64.3 Å². The molecule has 0 aliphatic carbocycles. The van der Waals surface area contributed by atoms with Crippen molar-refractivity contribution in [2.24, 2.45) is 0 Å². The number of aromatic hydroxyl groups is 1. The Morgan fingerprint density at radius 1 is 1.04 bits per heavy atom. The van der Waals surface area contributed by atoms with Gasteiger partial charge < -0.3 is 35.8 Å². The van der Waals surface area contributed by atoms with E-state index >= 15 is 0 Å². The molecule has 13 heteroatoms. The summed E-state index contributed by atoms with van der Waals surface area (Å²) in [5, 5.41) is 32.0. The van der Waals surface area contributed by atoms with Gasteiger partial charge in [-0.1, -0.05) is 5.57 Å². The number of carbonyl (C=O) groups is 2. The van der Waals surface area contributed by atoms with E-state index < -0.39 is 5.91 Å². The first kappa shape index (κ1) is 29.5. The van der Waals surface area contributed by atoms with Crippen LogP contribution in [0.3, 0.4) is 0 Å². The van der Waals surface area contributed by atoms with Crippen molar-refractivity contribution in [3.8, 4) is 17.6 Å². The Morgan fingerprint density at radius 3 is 2.53 bits per heavy atom. The number of hydrogen-bond acceptors (Lipinski definition) is 11. The number of ether oxygens (including phenoxy) is 2. The summed E-state index contributed by atoms with van der Waals surface area (Å²) < 4.78 is 11.7. The Labute approximate surface area is 258 Å². The molecule has 0 spiro atoms. The van der Waals surface area contributed by atoms with E-state index in [0.29, 0.717) is 52.6 Å². The molecule has 0 bridgehead atoms. The number of phenolic OH excluding ortho intramolecular Hbond substituents is 1. The Hall–Kier alpha value is -5.58. The van der Waals surface area contributed by atoms with E-state index in [2.05, 4.69) is 42.3 Å². The van der Waals surface area contributed by atoms with Gasteiger partial charge in [0.1, 0.15) is 23.7 Å². The predicted octanol–water partition coefficient (Wildman–Crippen LogP) is 4.01. The fraction of sp³-hybridized carbons (Fsp3) is 0.250. The molecule has 13 nitrogen and oxygen atoms in total. The minimum atomic E-state index is -0.528. The van der Waals surface area contributed by atoms with Crippen LogP contribution in [0.2, 0.25) is 0 Å². The number of phenols is 1. The summed E-state index contributed by atoms with van der Waals surface area (Å²) in [4.78, 5) is 38.5. The summed E-state index contributed by atoms with van der Waals surface area (Å²) in [7, 11) is 0. The normalized spacial score (nSPS) is 16.1. The first-order chi connectivity index (χ1) is 21.9. The number of nitrogens with one attached hydrogen (secondary N) is 4. The maximum atomic E-state index is 13.1. The van der Waals surface area contributed by atoms with Crippen molar-refractivity contribution in [2.75, 3.05) is 42.3 Å². The fourth-order valence-corrected chi connectivity index (χ4v) is 5.05. The molecule has 2 aliphatic heterocycles. The standard InChI is InChI=1S/C32H30N8O5/c33-14-20-15-35-26-13-28(45-24-7-10-44-18-24)27(40-29(42)11-19-5-8-34-9-6-19)12-25(26)30(20)38-22-16-36-31(37-17-22)32(43)39-21-1-3-23(41)4-2-21/h1-4,11-13,15-17,24,34,41H,5-10,18H2,(H,35,38)(H,39,43)(H,40,42). The third kappa shape index (κ3) is 7.15. The van der Waals surface area contributed by atoms with Crippen molar-refractivity contribution < 1.29 is 24.2 Å². The molecule has 4 heterocycles. The Kier molecular flexibility index (Phi) is 8.77. The van der Waals surface area contributed by atoms with E-state index in [1.165, 1.54) is 30.7 Å². The highest BCUT2D eigenvalue weighted by molar-refractivity contribution is 6.05. The lowest BCUT2D eigenvalue weighted by Crippen LogP contribution is -2.24. The highest BCUT2D eigenvalue weighted by Crippen LogP contribution is 2.37. The van der Waals surface area contributed by atoms with E-state index in [-0.39, 0.29) is 29.1 Å². The Morgan fingerprint density at radius 2 is 1.82 bits per heavy atom. The van der Waals surface area contributed by atoms with Gasteiger partial charge in [0, 0.05) is 35.8 Å². The van der Waals surface area contributed by atoms with Crippen LogP contribution in [0, 0.1) is 11.3 Å². The van der Waals surface area contributed by atoms with E-state index in [9.17, 15) is 20.0 Å². The van der Waals surface area contributed by atoms with Crippen molar-refractivity contribution in [3.05, 3.63) is 78.0 Å². The number of pyridine rings is 1. The summed E-state index contributed by atoms with van der Waals surface area (Å²) in [5.41, 5.74) is 3.61. The molecule has 2 saturated heterocycles. The zero-order valence-electron chi connectivity index (χ0n) is 24.2. The third-order valence-electron chi connectivity index (χ3n) is 7.36. The number of rotatable bonds is 8. The molecular weight excluding hydrogens is 576 g/mol. The van der Waals surface area contributed by atoms with Crippen molar-refractivity contribution in [2.45, 2.75) is 25.4 Å². The number of nitriles is 1. The van der Waals surface area contributed by atoms with Crippen LogP contribution in [0.4, 0.5) is 22.7 Å². The summed E-state index contributed by atoms with van der Waals surface area (Å²) in [6, 6.07) is 11.6. The van der Waals surface area contributed by atoms with E-state index in [4.69, 9.17) is 9.47 Å². The summed E-state index contributed by atoms with van der Waals surface area (Å²) in [5.74, 6) is -0.340. The molecule has 2 aromatic carbocycles. The number of nitrogens with zero attached hydrogens (tertiary/aromatic N) is 4. The van der Waals surface area contributed by atoms with Gasteiger partial charge in [0.05, 0.1) is 53.7 Å². The van der Waals surface area contributed by atoms with Gasteiger partial charge in [0.25, 0.3) is 5.91 Å². The molecule has 1 unspecified atom stereocenters. The van der Waals surface area contributed by atoms with Gasteiger partial charge in [-0.05, 0) is 56.3 Å². The van der Waals surface area contributed by atoms with Crippen LogP contribution >= 0.6 is 0 Å². The largest absolute Gasteiger partial charge is 0.508 e. The molecule has 2 aromatic heterocycles. The fourth-order valence-electron chi connectivity index (χ4n) is 5.05. The quantitative estimate of drug-likeness (QED) is 0.144. The molecule has 0 saturated carbocycles. The molecule has 0 radical (unpaired) electrons. The minimum Gasteiger partial charge on any atom is -0.508 e. The van der Waals surface area contributed by atoms with Crippen LogP contribution in [0.15, 0.2) is 66.6 Å². The van der Waals surface area contributed by atoms with Gasteiger partial charge >= 0.3 is 0 Å². The van der Waals surface area contributed by atoms with Gasteiger partial charge in [-0.25, -0.2) is 9.97 Å². The van der Waals surface area contributed by atoms with E-state index in [0.717, 1.165) is 37.9 Å². The molecular formula is C32H30N8O5. The summed E-state index contributed by atoms with van der Waals surface area (Å²) in [6.07, 6.45) is 8.10. The molecule has 6 rings (SSSR count). The maximum absolute atomic E-state index is 13.1. The number of carbonyl (C=O) groups excluding carboxylic acids is 2. The SMILES string of the molecule is N#Cc1cnc2cc(OC3CCOC3)c(NC(=O)C=C3CCNCC3)cc2c1Nc1cnc(C(=O)Nc2ccc(O)cc2)nc1. The second kappa shape index (κ2) is 13.4. The van der Waals surface area contributed by atoms with Gasteiger partial charge in [-0.15, -0.1) is 0 Å². The summed E-state index contributed by atoms with van der Waals surface area (Å²) >= 11 is 0. The lowest BCUT2D eigenvalue weighted by molar-refractivity contribution is -0.112. The monoisotopic (exact) mass is 606 g/mol. The van der Waals surface area contributed by atoms with Crippen LogP contribution < -0.4 is 26.0 Å². The van der Waals surface area contributed by atoms with Gasteiger partial charge in [-0.3, -0.25) is 14.6 Å². The Bertz CT molecular complexity index is 1790. The van der Waals surface area contributed by atoms with Gasteiger partial charge in [0.2, 0.25) is 11.7 Å². The topological polar surface area (TPSA) is 183 Å². The Balaban J connectivity index is 1.29. The minimum absolute atomic E-state index is 0.0701. The van der Waals surface area contributed by atoms with Crippen LogP contribution in [-0.2, 0) is 9.53 Å². The molecule has 2 fully saturated rings. The first-order valence-corrected chi connectivity index (χ1v) is 14.5. The van der Waals surface area contributed by atoms with Crippen LogP contribution in [0.5, 0.6) is 11.5 Å². The average Bonchev–Trinajstić information content (AvgIpc) is 3.57. The van der Waals surface area contributed by atoms with Crippen molar-refractivity contribution in [3.63, 3.8) is 0 Å². The average molecular weight is 607 g/mol. The lowest BCUT2D eigenvalue weighted by Gasteiger charge is -2.19. The molecule has 2 amide bonds. The lowest BCUT2D eigenvalue weighted by atomic mass is 10.0. The third-order valence-corrected chi connectivity index (χ3v) is 7.36.